The number of rotatable bonds is 7. The molecule has 1 heterocycles. The van der Waals surface area contributed by atoms with E-state index in [1.807, 2.05) is 0 Å². The third-order valence-electron chi connectivity index (χ3n) is 3.70. The van der Waals surface area contributed by atoms with Gasteiger partial charge in [0.05, 0.1) is 6.54 Å². The van der Waals surface area contributed by atoms with Gasteiger partial charge in [0.15, 0.2) is 0 Å². The molecule has 1 fully saturated rings. The van der Waals surface area contributed by atoms with E-state index in [2.05, 4.69) is 31.0 Å². The van der Waals surface area contributed by atoms with Crippen LogP contribution in [0.4, 0.5) is 0 Å². The summed E-state index contributed by atoms with van der Waals surface area (Å²) < 4.78 is 0. The summed E-state index contributed by atoms with van der Waals surface area (Å²) in [5.41, 5.74) is -0.0535. The van der Waals surface area contributed by atoms with Crippen LogP contribution in [0.3, 0.4) is 0 Å². The van der Waals surface area contributed by atoms with Gasteiger partial charge >= 0.3 is 0 Å². The number of carbonyl (C=O) groups excluding carboxylic acids is 1. The minimum Gasteiger partial charge on any atom is -0.350 e. The topological polar surface area (TPSA) is 32.3 Å². The molecule has 1 N–H and O–H groups in total. The van der Waals surface area contributed by atoms with Crippen molar-refractivity contribution in [2.45, 2.75) is 71.3 Å². The number of nitrogens with one attached hydrogen (secondary N) is 1. The molecule has 0 bridgehead atoms. The lowest BCUT2D eigenvalue weighted by atomic mass is 9.96. The van der Waals surface area contributed by atoms with Crippen molar-refractivity contribution in [2.24, 2.45) is 0 Å². The second kappa shape index (κ2) is 7.78. The van der Waals surface area contributed by atoms with Crippen LogP contribution in [0.25, 0.3) is 0 Å². The van der Waals surface area contributed by atoms with E-state index in [0.29, 0.717) is 6.54 Å². The third kappa shape index (κ3) is 6.39. The molecule has 3 nitrogen and oxygen atoms in total. The number of hydrogen-bond acceptors (Lipinski definition) is 2. The maximum atomic E-state index is 12.0. The summed E-state index contributed by atoms with van der Waals surface area (Å²) in [6.07, 6.45) is 8.57. The molecule has 1 amide bonds. The first-order chi connectivity index (χ1) is 8.53. The van der Waals surface area contributed by atoms with Crippen LogP contribution in [0.15, 0.2) is 0 Å². The van der Waals surface area contributed by atoms with Gasteiger partial charge in [-0.15, -0.1) is 0 Å². The van der Waals surface area contributed by atoms with E-state index in [0.717, 1.165) is 19.5 Å². The third-order valence-corrected chi connectivity index (χ3v) is 3.70. The summed E-state index contributed by atoms with van der Waals surface area (Å²) in [5, 5.41) is 3.18. The fourth-order valence-corrected chi connectivity index (χ4v) is 2.62. The molecule has 0 aromatic carbocycles. The van der Waals surface area contributed by atoms with Gasteiger partial charge in [0, 0.05) is 5.54 Å². The van der Waals surface area contributed by atoms with Crippen LogP contribution < -0.4 is 5.32 Å². The van der Waals surface area contributed by atoms with Crippen molar-refractivity contribution >= 4 is 5.91 Å². The Labute approximate surface area is 112 Å². The first kappa shape index (κ1) is 15.5. The highest BCUT2D eigenvalue weighted by molar-refractivity contribution is 5.78. The van der Waals surface area contributed by atoms with Crippen LogP contribution in [0.1, 0.15) is 65.7 Å². The summed E-state index contributed by atoms with van der Waals surface area (Å²) in [6.45, 7) is 9.24. The van der Waals surface area contributed by atoms with Gasteiger partial charge in [-0.3, -0.25) is 9.69 Å². The van der Waals surface area contributed by atoms with Crippen LogP contribution in [0.2, 0.25) is 0 Å². The zero-order valence-corrected chi connectivity index (χ0v) is 12.4. The van der Waals surface area contributed by atoms with Crippen LogP contribution in [0.5, 0.6) is 0 Å². The molecule has 1 saturated heterocycles. The van der Waals surface area contributed by atoms with E-state index < -0.39 is 0 Å². The summed E-state index contributed by atoms with van der Waals surface area (Å²) in [4.78, 5) is 14.3. The first-order valence-electron chi connectivity index (χ1n) is 7.57. The molecule has 0 aromatic rings. The zero-order chi connectivity index (χ0) is 13.4. The molecule has 1 aliphatic heterocycles. The summed E-state index contributed by atoms with van der Waals surface area (Å²) in [5.74, 6) is 0.193. The second-order valence-corrected chi connectivity index (χ2v) is 6.23. The predicted molar refractivity (Wildman–Crippen MR) is 76.7 cm³/mol. The lowest BCUT2D eigenvalue weighted by Gasteiger charge is -2.30. The Bertz CT molecular complexity index is 245. The molecular weight excluding hydrogens is 224 g/mol. The molecular formula is C15H30N2O. The van der Waals surface area contributed by atoms with Crippen LogP contribution in [-0.4, -0.2) is 36.0 Å². The SMILES string of the molecule is CCCCCC(C)(C)NC(=O)CN1CCCCC1. The lowest BCUT2D eigenvalue weighted by molar-refractivity contribution is -0.124. The number of nitrogens with zero attached hydrogens (tertiary/aromatic N) is 1. The zero-order valence-electron chi connectivity index (χ0n) is 12.4. The van der Waals surface area contributed by atoms with Crippen LogP contribution in [-0.2, 0) is 4.79 Å². The molecule has 0 radical (unpaired) electrons. The Kier molecular flexibility index (Phi) is 6.69. The summed E-state index contributed by atoms with van der Waals surface area (Å²) >= 11 is 0. The van der Waals surface area contributed by atoms with Gasteiger partial charge in [-0.05, 0) is 46.2 Å². The molecule has 0 saturated carbocycles. The molecule has 106 valence electrons. The lowest BCUT2D eigenvalue weighted by Crippen LogP contribution is -2.48. The van der Waals surface area contributed by atoms with Crippen molar-refractivity contribution in [1.29, 1.82) is 0 Å². The first-order valence-corrected chi connectivity index (χ1v) is 7.57. The fraction of sp³-hybridized carbons (Fsp3) is 0.933. The molecule has 0 aliphatic carbocycles. The Hall–Kier alpha value is -0.570. The number of carbonyl (C=O) groups is 1. The molecule has 0 atom stereocenters. The van der Waals surface area contributed by atoms with Gasteiger partial charge in [0.1, 0.15) is 0 Å². The minimum absolute atomic E-state index is 0.0535. The molecule has 1 rings (SSSR count). The number of hydrogen-bond donors (Lipinski definition) is 1. The van der Waals surface area contributed by atoms with Gasteiger partial charge in [-0.2, -0.15) is 0 Å². The highest BCUT2D eigenvalue weighted by atomic mass is 16.2. The van der Waals surface area contributed by atoms with E-state index in [4.69, 9.17) is 0 Å². The second-order valence-electron chi connectivity index (χ2n) is 6.23. The average molecular weight is 254 g/mol. The largest absolute Gasteiger partial charge is 0.350 e. The van der Waals surface area contributed by atoms with E-state index in [1.165, 1.54) is 38.5 Å². The van der Waals surface area contributed by atoms with Gasteiger partial charge in [0.25, 0.3) is 0 Å². The number of piperidine rings is 1. The Morgan fingerprint density at radius 3 is 2.44 bits per heavy atom. The Morgan fingerprint density at radius 1 is 1.17 bits per heavy atom. The van der Waals surface area contributed by atoms with Gasteiger partial charge < -0.3 is 5.32 Å². The van der Waals surface area contributed by atoms with Crippen molar-refractivity contribution in [2.75, 3.05) is 19.6 Å². The Morgan fingerprint density at radius 2 is 1.83 bits per heavy atom. The van der Waals surface area contributed by atoms with Crippen molar-refractivity contribution in [3.63, 3.8) is 0 Å². The van der Waals surface area contributed by atoms with E-state index in [-0.39, 0.29) is 11.4 Å². The standard InChI is InChI=1S/C15H30N2O/c1-4-5-7-10-15(2,3)16-14(18)13-17-11-8-6-9-12-17/h4-13H2,1-3H3,(H,16,18). The molecule has 3 heteroatoms. The van der Waals surface area contributed by atoms with Crippen molar-refractivity contribution in [1.82, 2.24) is 10.2 Å². The molecule has 1 aliphatic rings. The normalized spacial score (nSPS) is 17.7. The highest BCUT2D eigenvalue weighted by Gasteiger charge is 2.21. The maximum Gasteiger partial charge on any atom is 0.234 e. The van der Waals surface area contributed by atoms with Gasteiger partial charge in [-0.25, -0.2) is 0 Å². The number of amides is 1. The van der Waals surface area contributed by atoms with Crippen LogP contribution in [0, 0.1) is 0 Å². The fourth-order valence-electron chi connectivity index (χ4n) is 2.62. The van der Waals surface area contributed by atoms with Crippen LogP contribution >= 0.6 is 0 Å². The summed E-state index contributed by atoms with van der Waals surface area (Å²) in [7, 11) is 0. The Balaban J connectivity index is 2.24. The molecule has 0 spiro atoms. The highest BCUT2D eigenvalue weighted by Crippen LogP contribution is 2.14. The quantitative estimate of drug-likeness (QED) is 0.708. The number of likely N-dealkylation sites (tertiary alicyclic amines) is 1. The molecule has 0 aromatic heterocycles. The van der Waals surface area contributed by atoms with Crippen molar-refractivity contribution in [3.8, 4) is 0 Å². The van der Waals surface area contributed by atoms with E-state index in [9.17, 15) is 4.79 Å². The van der Waals surface area contributed by atoms with Crippen molar-refractivity contribution in [3.05, 3.63) is 0 Å². The van der Waals surface area contributed by atoms with Gasteiger partial charge in [0.2, 0.25) is 5.91 Å². The molecule has 18 heavy (non-hydrogen) atoms. The average Bonchev–Trinajstić information content (AvgIpc) is 2.29. The summed E-state index contributed by atoms with van der Waals surface area (Å²) in [6, 6.07) is 0. The van der Waals surface area contributed by atoms with Gasteiger partial charge in [-0.1, -0.05) is 32.6 Å². The minimum atomic E-state index is -0.0535. The smallest absolute Gasteiger partial charge is 0.234 e. The maximum absolute atomic E-state index is 12.0. The van der Waals surface area contributed by atoms with Crippen molar-refractivity contribution < 1.29 is 4.79 Å². The van der Waals surface area contributed by atoms with E-state index in [1.54, 1.807) is 0 Å². The molecule has 0 unspecified atom stereocenters. The van der Waals surface area contributed by atoms with E-state index >= 15 is 0 Å². The monoisotopic (exact) mass is 254 g/mol. The number of unbranched alkanes of at least 4 members (excludes halogenated alkanes) is 2. The predicted octanol–water partition coefficient (Wildman–Crippen LogP) is 2.95.